The third-order valence-electron chi connectivity index (χ3n) is 1.98. The summed E-state index contributed by atoms with van der Waals surface area (Å²) in [5.74, 6) is 0. The van der Waals surface area contributed by atoms with Crippen LogP contribution in [0.15, 0.2) is 0 Å². The van der Waals surface area contributed by atoms with E-state index < -0.39 is 5.60 Å². The first-order valence-corrected chi connectivity index (χ1v) is 4.83. The molecule has 0 saturated carbocycles. The van der Waals surface area contributed by atoms with Gasteiger partial charge in [0.05, 0.1) is 11.7 Å². The minimum atomic E-state index is -0.591. The quantitative estimate of drug-likeness (QED) is 0.669. The minimum absolute atomic E-state index is 0.368. The van der Waals surface area contributed by atoms with Crippen molar-refractivity contribution >= 4 is 0 Å². The zero-order valence-electron chi connectivity index (χ0n) is 8.76. The smallest absolute Gasteiger partial charge is 0.0613 e. The normalized spacial score (nSPS) is 12.5. The van der Waals surface area contributed by atoms with Gasteiger partial charge in [0.25, 0.3) is 0 Å². The van der Waals surface area contributed by atoms with E-state index in [4.69, 9.17) is 4.74 Å². The van der Waals surface area contributed by atoms with Crippen LogP contribution in [-0.4, -0.2) is 23.4 Å². The highest BCUT2D eigenvalue weighted by molar-refractivity contribution is 4.64. The Kier molecular flexibility index (Phi) is 5.51. The molecule has 0 fully saturated rings. The summed E-state index contributed by atoms with van der Waals surface area (Å²) in [7, 11) is 0. The lowest BCUT2D eigenvalue weighted by Gasteiger charge is -2.19. The zero-order valence-corrected chi connectivity index (χ0v) is 8.76. The van der Waals surface area contributed by atoms with Crippen molar-refractivity contribution in [1.29, 1.82) is 0 Å². The highest BCUT2D eigenvalue weighted by Gasteiger charge is 2.12. The second-order valence-electron chi connectivity index (χ2n) is 3.87. The molecule has 0 atom stereocenters. The van der Waals surface area contributed by atoms with Crippen LogP contribution in [0.25, 0.3) is 0 Å². The van der Waals surface area contributed by atoms with Crippen molar-refractivity contribution in [1.82, 2.24) is 0 Å². The maximum Gasteiger partial charge on any atom is 0.0613 e. The predicted octanol–water partition coefficient (Wildman–Crippen LogP) is 2.35. The molecule has 0 aromatic heterocycles. The first-order chi connectivity index (χ1) is 5.49. The molecule has 0 aromatic carbocycles. The average Bonchev–Trinajstić information content (AvgIpc) is 1.96. The number of aliphatic hydroxyl groups is 1. The van der Waals surface area contributed by atoms with E-state index in [1.54, 1.807) is 0 Å². The standard InChI is InChI=1S/C10H22O2/c1-5-9(6-2)12-8-7-10(3,4)11/h9,11H,5-8H2,1-4H3. The molecule has 74 valence electrons. The molecule has 0 spiro atoms. The Morgan fingerprint density at radius 3 is 2.08 bits per heavy atom. The third-order valence-corrected chi connectivity index (χ3v) is 1.98. The fraction of sp³-hybridized carbons (Fsp3) is 1.00. The van der Waals surface area contributed by atoms with Crippen molar-refractivity contribution in [3.63, 3.8) is 0 Å². The van der Waals surface area contributed by atoms with Crippen LogP contribution >= 0.6 is 0 Å². The fourth-order valence-corrected chi connectivity index (χ4v) is 1.000. The van der Waals surface area contributed by atoms with Crippen molar-refractivity contribution in [2.45, 2.75) is 58.7 Å². The maximum atomic E-state index is 9.40. The Morgan fingerprint density at radius 2 is 1.75 bits per heavy atom. The van der Waals surface area contributed by atoms with Crippen LogP contribution in [0.2, 0.25) is 0 Å². The Morgan fingerprint density at radius 1 is 1.25 bits per heavy atom. The molecule has 0 radical (unpaired) electrons. The zero-order chi connectivity index (χ0) is 9.61. The molecule has 2 nitrogen and oxygen atoms in total. The Hall–Kier alpha value is -0.0800. The fourth-order valence-electron chi connectivity index (χ4n) is 1.000. The van der Waals surface area contributed by atoms with Crippen LogP contribution in [0.4, 0.5) is 0 Å². The van der Waals surface area contributed by atoms with Crippen molar-refractivity contribution in [2.75, 3.05) is 6.61 Å². The second-order valence-corrected chi connectivity index (χ2v) is 3.87. The van der Waals surface area contributed by atoms with Crippen LogP contribution in [0, 0.1) is 0 Å². The number of rotatable bonds is 6. The first-order valence-electron chi connectivity index (χ1n) is 4.83. The van der Waals surface area contributed by atoms with Crippen LogP contribution in [0.1, 0.15) is 47.0 Å². The van der Waals surface area contributed by atoms with Gasteiger partial charge in [0.2, 0.25) is 0 Å². The van der Waals surface area contributed by atoms with E-state index in [0.717, 1.165) is 12.8 Å². The highest BCUT2D eigenvalue weighted by atomic mass is 16.5. The lowest BCUT2D eigenvalue weighted by Crippen LogP contribution is -2.23. The largest absolute Gasteiger partial charge is 0.390 e. The molecule has 0 aliphatic rings. The number of hydrogen-bond donors (Lipinski definition) is 1. The molecule has 0 aromatic rings. The highest BCUT2D eigenvalue weighted by Crippen LogP contribution is 2.09. The number of hydrogen-bond acceptors (Lipinski definition) is 2. The lowest BCUT2D eigenvalue weighted by molar-refractivity contribution is -0.00383. The molecule has 1 N–H and O–H groups in total. The minimum Gasteiger partial charge on any atom is -0.390 e. The third kappa shape index (κ3) is 6.62. The molecular weight excluding hydrogens is 152 g/mol. The Labute approximate surface area is 75.9 Å². The monoisotopic (exact) mass is 174 g/mol. The van der Waals surface area contributed by atoms with Gasteiger partial charge in [-0.15, -0.1) is 0 Å². The van der Waals surface area contributed by atoms with Crippen molar-refractivity contribution in [2.24, 2.45) is 0 Å². The Bertz CT molecular complexity index is 101. The van der Waals surface area contributed by atoms with E-state index in [-0.39, 0.29) is 0 Å². The summed E-state index contributed by atoms with van der Waals surface area (Å²) >= 11 is 0. The molecule has 2 heteroatoms. The maximum absolute atomic E-state index is 9.40. The molecule has 0 saturated heterocycles. The molecule has 0 unspecified atom stereocenters. The van der Waals surface area contributed by atoms with Gasteiger partial charge in [-0.2, -0.15) is 0 Å². The van der Waals surface area contributed by atoms with Gasteiger partial charge in [-0.25, -0.2) is 0 Å². The summed E-state index contributed by atoms with van der Waals surface area (Å²) in [5.41, 5.74) is -0.591. The average molecular weight is 174 g/mol. The summed E-state index contributed by atoms with van der Waals surface area (Å²) in [6.45, 7) is 8.53. The molecule has 0 heterocycles. The van der Waals surface area contributed by atoms with Crippen LogP contribution in [0.3, 0.4) is 0 Å². The SMILES string of the molecule is CCC(CC)OCCC(C)(C)O. The van der Waals surface area contributed by atoms with Gasteiger partial charge in [0.15, 0.2) is 0 Å². The van der Waals surface area contributed by atoms with Crippen LogP contribution in [-0.2, 0) is 4.74 Å². The van der Waals surface area contributed by atoms with Gasteiger partial charge >= 0.3 is 0 Å². The van der Waals surface area contributed by atoms with E-state index in [1.807, 2.05) is 13.8 Å². The molecule has 0 aliphatic heterocycles. The molecule has 0 rings (SSSR count). The van der Waals surface area contributed by atoms with Gasteiger partial charge in [-0.1, -0.05) is 13.8 Å². The lowest BCUT2D eigenvalue weighted by atomic mass is 10.1. The van der Waals surface area contributed by atoms with Crippen molar-refractivity contribution in [3.05, 3.63) is 0 Å². The van der Waals surface area contributed by atoms with Crippen LogP contribution in [0.5, 0.6) is 0 Å². The van der Waals surface area contributed by atoms with Gasteiger partial charge < -0.3 is 9.84 Å². The second kappa shape index (κ2) is 5.55. The van der Waals surface area contributed by atoms with E-state index in [9.17, 15) is 5.11 Å². The van der Waals surface area contributed by atoms with E-state index in [1.165, 1.54) is 0 Å². The van der Waals surface area contributed by atoms with E-state index in [2.05, 4.69) is 13.8 Å². The van der Waals surface area contributed by atoms with Crippen molar-refractivity contribution in [3.8, 4) is 0 Å². The van der Waals surface area contributed by atoms with Gasteiger partial charge in [-0.05, 0) is 33.1 Å². The van der Waals surface area contributed by atoms with Gasteiger partial charge in [0, 0.05) is 6.61 Å². The molecular formula is C10H22O2. The first kappa shape index (κ1) is 11.9. The summed E-state index contributed by atoms with van der Waals surface area (Å²) < 4.78 is 5.56. The molecule has 12 heavy (non-hydrogen) atoms. The Balaban J connectivity index is 3.41. The van der Waals surface area contributed by atoms with Crippen molar-refractivity contribution < 1.29 is 9.84 Å². The van der Waals surface area contributed by atoms with E-state index >= 15 is 0 Å². The van der Waals surface area contributed by atoms with Gasteiger partial charge in [-0.3, -0.25) is 0 Å². The summed E-state index contributed by atoms with van der Waals surface area (Å²) in [5, 5.41) is 9.40. The van der Waals surface area contributed by atoms with Crippen LogP contribution < -0.4 is 0 Å². The number of ether oxygens (including phenoxy) is 1. The van der Waals surface area contributed by atoms with E-state index in [0.29, 0.717) is 19.1 Å². The summed E-state index contributed by atoms with van der Waals surface area (Å²) in [6.07, 6.45) is 3.20. The topological polar surface area (TPSA) is 29.5 Å². The summed E-state index contributed by atoms with van der Waals surface area (Å²) in [6, 6.07) is 0. The molecule has 0 aliphatic carbocycles. The van der Waals surface area contributed by atoms with Gasteiger partial charge in [0.1, 0.15) is 0 Å². The summed E-state index contributed by atoms with van der Waals surface area (Å²) in [4.78, 5) is 0. The molecule has 0 bridgehead atoms. The molecule has 0 amide bonds. The predicted molar refractivity (Wildman–Crippen MR) is 51.2 cm³/mol.